The van der Waals surface area contributed by atoms with E-state index >= 15 is 0 Å². The zero-order valence-corrected chi connectivity index (χ0v) is 12.4. The number of aromatic nitrogens is 1. The Bertz CT molecular complexity index is 461. The molecule has 1 atom stereocenters. The van der Waals surface area contributed by atoms with Crippen LogP contribution in [0.4, 0.5) is 5.82 Å². The number of halogens is 1. The number of amides is 1. The monoisotopic (exact) mass is 285 g/mol. The Morgan fingerprint density at radius 3 is 2.68 bits per heavy atom. The van der Waals surface area contributed by atoms with Crippen LogP contribution < -0.4 is 10.6 Å². The normalized spacial score (nSPS) is 14.1. The van der Waals surface area contributed by atoms with Gasteiger partial charge in [0.1, 0.15) is 11.0 Å². The fourth-order valence-electron chi connectivity index (χ4n) is 1.32. The highest BCUT2D eigenvalue weighted by Crippen LogP contribution is 2.16. The highest BCUT2D eigenvalue weighted by atomic mass is 35.5. The minimum absolute atomic E-state index is 0.0432. The number of aliphatic hydroxyl groups is 1. The van der Waals surface area contributed by atoms with Crippen LogP contribution in [0.5, 0.6) is 0 Å². The Hall–Kier alpha value is -1.33. The van der Waals surface area contributed by atoms with E-state index in [1.54, 1.807) is 20.0 Å². The Labute approximate surface area is 118 Å². The van der Waals surface area contributed by atoms with Crippen LogP contribution in [-0.4, -0.2) is 35.2 Å². The van der Waals surface area contributed by atoms with Gasteiger partial charge in [0.2, 0.25) is 0 Å². The van der Waals surface area contributed by atoms with Gasteiger partial charge in [-0.1, -0.05) is 25.4 Å². The summed E-state index contributed by atoms with van der Waals surface area (Å²) in [6.45, 7) is 5.66. The molecule has 6 heteroatoms. The number of hydrogen-bond donors (Lipinski definition) is 3. The molecule has 106 valence electrons. The van der Waals surface area contributed by atoms with E-state index in [4.69, 9.17) is 11.6 Å². The van der Waals surface area contributed by atoms with Crippen molar-refractivity contribution in [2.45, 2.75) is 26.4 Å². The first kappa shape index (κ1) is 15.7. The molecular weight excluding hydrogens is 266 g/mol. The van der Waals surface area contributed by atoms with Crippen molar-refractivity contribution in [3.05, 3.63) is 22.8 Å². The third-order valence-electron chi connectivity index (χ3n) is 3.16. The molecule has 3 N–H and O–H groups in total. The van der Waals surface area contributed by atoms with Crippen LogP contribution in [0.25, 0.3) is 0 Å². The zero-order valence-electron chi connectivity index (χ0n) is 11.6. The topological polar surface area (TPSA) is 74.2 Å². The van der Waals surface area contributed by atoms with Crippen molar-refractivity contribution < 1.29 is 9.90 Å². The maximum Gasteiger partial charge on any atom is 0.251 e. The number of carbonyl (C=O) groups is 1. The predicted octanol–water partition coefficient (Wildman–Crippen LogP) is 1.91. The minimum Gasteiger partial charge on any atom is -0.388 e. The fraction of sp³-hybridized carbons (Fsp3) is 0.538. The van der Waals surface area contributed by atoms with Crippen LogP contribution >= 0.6 is 11.6 Å². The average Bonchev–Trinajstić information content (AvgIpc) is 2.34. The van der Waals surface area contributed by atoms with Crippen molar-refractivity contribution in [3.63, 3.8) is 0 Å². The van der Waals surface area contributed by atoms with Gasteiger partial charge in [-0.15, -0.1) is 0 Å². The number of anilines is 1. The van der Waals surface area contributed by atoms with Crippen LogP contribution in [0.2, 0.25) is 5.15 Å². The molecule has 0 spiro atoms. The summed E-state index contributed by atoms with van der Waals surface area (Å²) in [7, 11) is 1.70. The Morgan fingerprint density at radius 2 is 2.16 bits per heavy atom. The first-order valence-electron chi connectivity index (χ1n) is 6.12. The lowest BCUT2D eigenvalue weighted by atomic mass is 9.92. The molecule has 0 fully saturated rings. The molecule has 0 aliphatic rings. The number of pyridine rings is 1. The lowest BCUT2D eigenvalue weighted by Crippen LogP contribution is -2.44. The van der Waals surface area contributed by atoms with Gasteiger partial charge in [0.15, 0.2) is 0 Å². The second kappa shape index (κ2) is 6.21. The van der Waals surface area contributed by atoms with Gasteiger partial charge >= 0.3 is 0 Å². The summed E-state index contributed by atoms with van der Waals surface area (Å²) in [5, 5.41) is 15.8. The van der Waals surface area contributed by atoms with E-state index in [-0.39, 0.29) is 23.5 Å². The van der Waals surface area contributed by atoms with Crippen molar-refractivity contribution in [2.24, 2.45) is 5.92 Å². The SMILES string of the molecule is CNc1cc(C(=O)NCC(C)(O)C(C)C)cc(Cl)n1. The van der Waals surface area contributed by atoms with Gasteiger partial charge in [0, 0.05) is 19.2 Å². The van der Waals surface area contributed by atoms with E-state index in [0.717, 1.165) is 0 Å². The molecule has 1 aromatic rings. The van der Waals surface area contributed by atoms with Gasteiger partial charge in [-0.05, 0) is 25.0 Å². The summed E-state index contributed by atoms with van der Waals surface area (Å²) in [6.07, 6.45) is 0. The molecule has 19 heavy (non-hydrogen) atoms. The molecule has 0 bridgehead atoms. The molecule has 1 amide bonds. The molecule has 0 aromatic carbocycles. The molecule has 1 unspecified atom stereocenters. The summed E-state index contributed by atoms with van der Waals surface area (Å²) in [6, 6.07) is 3.09. The van der Waals surface area contributed by atoms with Crippen LogP contribution in [0, 0.1) is 5.92 Å². The quantitative estimate of drug-likeness (QED) is 0.723. The molecule has 1 aromatic heterocycles. The molecule has 0 aliphatic carbocycles. The Balaban J connectivity index is 2.76. The molecule has 0 saturated carbocycles. The van der Waals surface area contributed by atoms with Crippen molar-refractivity contribution in [2.75, 3.05) is 18.9 Å². The summed E-state index contributed by atoms with van der Waals surface area (Å²) in [5.74, 6) is 0.275. The molecule has 0 saturated heterocycles. The Morgan fingerprint density at radius 1 is 1.53 bits per heavy atom. The number of rotatable bonds is 5. The third kappa shape index (κ3) is 4.36. The lowest BCUT2D eigenvalue weighted by Gasteiger charge is -2.27. The van der Waals surface area contributed by atoms with E-state index < -0.39 is 5.60 Å². The molecule has 5 nitrogen and oxygen atoms in total. The first-order chi connectivity index (χ1) is 8.76. The number of hydrogen-bond acceptors (Lipinski definition) is 4. The van der Waals surface area contributed by atoms with E-state index in [9.17, 15) is 9.90 Å². The molecule has 0 radical (unpaired) electrons. The van der Waals surface area contributed by atoms with E-state index in [0.29, 0.717) is 11.4 Å². The number of nitrogens with zero attached hydrogens (tertiary/aromatic N) is 1. The van der Waals surface area contributed by atoms with Crippen LogP contribution in [0.15, 0.2) is 12.1 Å². The maximum absolute atomic E-state index is 12.0. The van der Waals surface area contributed by atoms with Crippen molar-refractivity contribution in [1.82, 2.24) is 10.3 Å². The maximum atomic E-state index is 12.0. The molecule has 1 rings (SSSR count). The van der Waals surface area contributed by atoms with Gasteiger partial charge in [-0.2, -0.15) is 0 Å². The van der Waals surface area contributed by atoms with Crippen molar-refractivity contribution >= 4 is 23.3 Å². The lowest BCUT2D eigenvalue weighted by molar-refractivity contribution is 0.0142. The van der Waals surface area contributed by atoms with Gasteiger partial charge < -0.3 is 15.7 Å². The summed E-state index contributed by atoms with van der Waals surface area (Å²) >= 11 is 5.83. The van der Waals surface area contributed by atoms with Gasteiger partial charge in [-0.25, -0.2) is 4.98 Å². The van der Waals surface area contributed by atoms with E-state index in [1.165, 1.54) is 6.07 Å². The second-order valence-electron chi connectivity index (χ2n) is 5.01. The third-order valence-corrected chi connectivity index (χ3v) is 3.36. The largest absolute Gasteiger partial charge is 0.388 e. The molecule has 1 heterocycles. The Kier molecular flexibility index (Phi) is 5.14. The second-order valence-corrected chi connectivity index (χ2v) is 5.40. The molecular formula is C13H20ClN3O2. The number of carbonyl (C=O) groups excluding carboxylic acids is 1. The summed E-state index contributed by atoms with van der Waals surface area (Å²) in [4.78, 5) is 16.0. The summed E-state index contributed by atoms with van der Waals surface area (Å²) in [5.41, 5.74) is -0.540. The highest BCUT2D eigenvalue weighted by Gasteiger charge is 2.25. The minimum atomic E-state index is -0.946. The van der Waals surface area contributed by atoms with Gasteiger partial charge in [0.25, 0.3) is 5.91 Å². The van der Waals surface area contributed by atoms with Crippen LogP contribution in [0.1, 0.15) is 31.1 Å². The molecule has 0 aliphatic heterocycles. The standard InChI is InChI=1S/C13H20ClN3O2/c1-8(2)13(3,19)7-16-12(18)9-5-10(14)17-11(6-9)15-4/h5-6,8,19H,7H2,1-4H3,(H,15,17)(H,16,18). The fourth-order valence-corrected chi connectivity index (χ4v) is 1.53. The van der Waals surface area contributed by atoms with Crippen LogP contribution in [-0.2, 0) is 0 Å². The smallest absolute Gasteiger partial charge is 0.251 e. The van der Waals surface area contributed by atoms with Crippen molar-refractivity contribution in [1.29, 1.82) is 0 Å². The van der Waals surface area contributed by atoms with E-state index in [2.05, 4.69) is 15.6 Å². The number of nitrogens with one attached hydrogen (secondary N) is 2. The zero-order chi connectivity index (χ0) is 14.6. The average molecular weight is 286 g/mol. The summed E-state index contributed by atoms with van der Waals surface area (Å²) < 4.78 is 0. The van der Waals surface area contributed by atoms with Crippen LogP contribution in [0.3, 0.4) is 0 Å². The van der Waals surface area contributed by atoms with E-state index in [1.807, 2.05) is 13.8 Å². The highest BCUT2D eigenvalue weighted by molar-refractivity contribution is 6.29. The predicted molar refractivity (Wildman–Crippen MR) is 76.6 cm³/mol. The first-order valence-corrected chi connectivity index (χ1v) is 6.50. The van der Waals surface area contributed by atoms with Gasteiger partial charge in [0.05, 0.1) is 5.60 Å². The van der Waals surface area contributed by atoms with Crippen molar-refractivity contribution in [3.8, 4) is 0 Å². The van der Waals surface area contributed by atoms with Gasteiger partial charge in [-0.3, -0.25) is 4.79 Å².